The standard InChI is InChI=1S/C15H24N2O2/c1-11-6-8-15(19,9-7-11)10-16-14(18)13-5-4-12(2)17(13)3/h4-5,11,19H,6-10H2,1-3H3,(H,16,18). The van der Waals surface area contributed by atoms with Gasteiger partial charge in [-0.3, -0.25) is 4.79 Å². The molecule has 4 nitrogen and oxygen atoms in total. The maximum atomic E-state index is 12.1. The molecule has 0 atom stereocenters. The highest BCUT2D eigenvalue weighted by Gasteiger charge is 2.32. The Labute approximate surface area is 114 Å². The first-order valence-corrected chi connectivity index (χ1v) is 7.04. The third kappa shape index (κ3) is 3.18. The van der Waals surface area contributed by atoms with Crippen molar-refractivity contribution in [3.63, 3.8) is 0 Å². The number of amides is 1. The van der Waals surface area contributed by atoms with Gasteiger partial charge >= 0.3 is 0 Å². The van der Waals surface area contributed by atoms with Crippen molar-refractivity contribution in [2.24, 2.45) is 13.0 Å². The lowest BCUT2D eigenvalue weighted by atomic mass is 9.79. The molecule has 0 bridgehead atoms. The zero-order valence-corrected chi connectivity index (χ0v) is 12.1. The molecule has 1 aliphatic carbocycles. The SMILES string of the molecule is Cc1ccc(C(=O)NCC2(O)CCC(C)CC2)n1C. The van der Waals surface area contributed by atoms with Gasteiger partial charge in [0.15, 0.2) is 0 Å². The number of hydrogen-bond acceptors (Lipinski definition) is 2. The van der Waals surface area contributed by atoms with Gasteiger partial charge in [0.05, 0.1) is 5.60 Å². The Kier molecular flexibility index (Phi) is 3.99. The molecule has 0 spiro atoms. The van der Waals surface area contributed by atoms with E-state index >= 15 is 0 Å². The number of nitrogens with zero attached hydrogens (tertiary/aromatic N) is 1. The molecule has 1 fully saturated rings. The Morgan fingerprint density at radius 2 is 2.11 bits per heavy atom. The van der Waals surface area contributed by atoms with Crippen molar-refractivity contribution in [2.45, 2.75) is 45.1 Å². The highest BCUT2D eigenvalue weighted by Crippen LogP contribution is 2.31. The third-order valence-corrected chi connectivity index (χ3v) is 4.39. The van der Waals surface area contributed by atoms with Crippen molar-refractivity contribution in [3.8, 4) is 0 Å². The number of aromatic nitrogens is 1. The average Bonchev–Trinajstić information content (AvgIpc) is 2.72. The molecule has 2 rings (SSSR count). The first-order chi connectivity index (χ1) is 8.91. The quantitative estimate of drug-likeness (QED) is 0.877. The number of nitrogens with one attached hydrogen (secondary N) is 1. The summed E-state index contributed by atoms with van der Waals surface area (Å²) >= 11 is 0. The van der Waals surface area contributed by atoms with Gasteiger partial charge in [-0.05, 0) is 50.7 Å². The smallest absolute Gasteiger partial charge is 0.268 e. The average molecular weight is 264 g/mol. The Balaban J connectivity index is 1.92. The fourth-order valence-corrected chi connectivity index (χ4v) is 2.65. The van der Waals surface area contributed by atoms with Gasteiger partial charge in [0.25, 0.3) is 5.91 Å². The molecule has 1 heterocycles. The van der Waals surface area contributed by atoms with Crippen LogP contribution in [0, 0.1) is 12.8 Å². The monoisotopic (exact) mass is 264 g/mol. The molecule has 2 N–H and O–H groups in total. The van der Waals surface area contributed by atoms with E-state index in [0.29, 0.717) is 18.2 Å². The highest BCUT2D eigenvalue weighted by atomic mass is 16.3. The molecule has 4 heteroatoms. The molecule has 19 heavy (non-hydrogen) atoms. The summed E-state index contributed by atoms with van der Waals surface area (Å²) in [5.41, 5.74) is 0.975. The van der Waals surface area contributed by atoms with E-state index in [1.54, 1.807) is 0 Å². The van der Waals surface area contributed by atoms with Crippen molar-refractivity contribution in [1.29, 1.82) is 0 Å². The van der Waals surface area contributed by atoms with Gasteiger partial charge < -0.3 is 15.0 Å². The van der Waals surface area contributed by atoms with Crippen LogP contribution in [-0.4, -0.2) is 27.7 Å². The van der Waals surface area contributed by atoms with Crippen LogP contribution in [0.1, 0.15) is 48.8 Å². The number of aryl methyl sites for hydroxylation is 1. The fraction of sp³-hybridized carbons (Fsp3) is 0.667. The summed E-state index contributed by atoms with van der Waals surface area (Å²) in [6.07, 6.45) is 3.63. The summed E-state index contributed by atoms with van der Waals surface area (Å²) in [4.78, 5) is 12.1. The van der Waals surface area contributed by atoms with E-state index in [-0.39, 0.29) is 5.91 Å². The Morgan fingerprint density at radius 1 is 1.47 bits per heavy atom. The number of carbonyl (C=O) groups is 1. The van der Waals surface area contributed by atoms with Gasteiger partial charge in [-0.25, -0.2) is 0 Å². The molecule has 1 amide bonds. The van der Waals surface area contributed by atoms with E-state index in [1.807, 2.05) is 30.7 Å². The second kappa shape index (κ2) is 5.37. The molecule has 1 saturated carbocycles. The van der Waals surface area contributed by atoms with Crippen LogP contribution < -0.4 is 5.32 Å². The summed E-state index contributed by atoms with van der Waals surface area (Å²) in [6.45, 7) is 4.53. The van der Waals surface area contributed by atoms with E-state index in [0.717, 1.165) is 31.4 Å². The summed E-state index contributed by atoms with van der Waals surface area (Å²) in [7, 11) is 1.88. The number of aliphatic hydroxyl groups is 1. The summed E-state index contributed by atoms with van der Waals surface area (Å²) in [5, 5.41) is 13.3. The van der Waals surface area contributed by atoms with E-state index < -0.39 is 5.60 Å². The predicted molar refractivity (Wildman–Crippen MR) is 75.1 cm³/mol. The van der Waals surface area contributed by atoms with Crippen LogP contribution in [0.15, 0.2) is 12.1 Å². The summed E-state index contributed by atoms with van der Waals surface area (Å²) in [5.74, 6) is 0.578. The lowest BCUT2D eigenvalue weighted by Gasteiger charge is -2.34. The van der Waals surface area contributed by atoms with E-state index in [2.05, 4.69) is 12.2 Å². The van der Waals surface area contributed by atoms with E-state index in [4.69, 9.17) is 0 Å². The van der Waals surface area contributed by atoms with Crippen LogP contribution in [0.25, 0.3) is 0 Å². The van der Waals surface area contributed by atoms with Gasteiger partial charge in [0, 0.05) is 19.3 Å². The molecule has 0 aliphatic heterocycles. The Hall–Kier alpha value is -1.29. The second-order valence-electron chi connectivity index (χ2n) is 6.01. The minimum Gasteiger partial charge on any atom is -0.388 e. The van der Waals surface area contributed by atoms with Crippen molar-refractivity contribution in [2.75, 3.05) is 6.54 Å². The topological polar surface area (TPSA) is 54.3 Å². The molecule has 106 valence electrons. The van der Waals surface area contributed by atoms with Crippen molar-refractivity contribution >= 4 is 5.91 Å². The molecule has 1 aromatic heterocycles. The van der Waals surface area contributed by atoms with Crippen molar-refractivity contribution in [3.05, 3.63) is 23.5 Å². The number of hydrogen-bond donors (Lipinski definition) is 2. The van der Waals surface area contributed by atoms with Gasteiger partial charge in [0.2, 0.25) is 0 Å². The molecule has 1 aliphatic rings. The molecule has 0 saturated heterocycles. The second-order valence-corrected chi connectivity index (χ2v) is 6.01. The van der Waals surface area contributed by atoms with Crippen molar-refractivity contribution in [1.82, 2.24) is 9.88 Å². The molecule has 0 aromatic carbocycles. The predicted octanol–water partition coefficient (Wildman–Crippen LogP) is 2.00. The minimum absolute atomic E-state index is 0.109. The fourth-order valence-electron chi connectivity index (χ4n) is 2.65. The van der Waals surface area contributed by atoms with Crippen LogP contribution in [0.5, 0.6) is 0 Å². The molecular weight excluding hydrogens is 240 g/mol. The molecule has 1 aromatic rings. The van der Waals surface area contributed by atoms with Crippen LogP contribution in [0.4, 0.5) is 0 Å². The Morgan fingerprint density at radius 3 is 2.63 bits per heavy atom. The maximum Gasteiger partial charge on any atom is 0.268 e. The lowest BCUT2D eigenvalue weighted by Crippen LogP contribution is -2.45. The first kappa shape index (κ1) is 14.1. The molecular formula is C15H24N2O2. The normalized spacial score (nSPS) is 27.3. The van der Waals surface area contributed by atoms with Crippen molar-refractivity contribution < 1.29 is 9.90 Å². The molecule has 0 radical (unpaired) electrons. The number of carbonyl (C=O) groups excluding carboxylic acids is 1. The van der Waals surface area contributed by atoms with Crippen LogP contribution in [0.3, 0.4) is 0 Å². The summed E-state index contributed by atoms with van der Waals surface area (Å²) < 4.78 is 1.86. The first-order valence-electron chi connectivity index (χ1n) is 7.04. The van der Waals surface area contributed by atoms with Gasteiger partial charge in [0.1, 0.15) is 5.69 Å². The van der Waals surface area contributed by atoms with Crippen LogP contribution in [0.2, 0.25) is 0 Å². The third-order valence-electron chi connectivity index (χ3n) is 4.39. The van der Waals surface area contributed by atoms with E-state index in [9.17, 15) is 9.90 Å². The van der Waals surface area contributed by atoms with Crippen LogP contribution in [-0.2, 0) is 7.05 Å². The van der Waals surface area contributed by atoms with Gasteiger partial charge in [-0.1, -0.05) is 6.92 Å². The minimum atomic E-state index is -0.720. The zero-order chi connectivity index (χ0) is 14.0. The Bertz CT molecular complexity index is 457. The lowest BCUT2D eigenvalue weighted by molar-refractivity contribution is -0.00546. The number of rotatable bonds is 3. The highest BCUT2D eigenvalue weighted by molar-refractivity contribution is 5.92. The van der Waals surface area contributed by atoms with Crippen LogP contribution >= 0.6 is 0 Å². The largest absolute Gasteiger partial charge is 0.388 e. The summed E-state index contributed by atoms with van der Waals surface area (Å²) in [6, 6.07) is 3.74. The van der Waals surface area contributed by atoms with Gasteiger partial charge in [-0.15, -0.1) is 0 Å². The van der Waals surface area contributed by atoms with E-state index in [1.165, 1.54) is 0 Å². The van der Waals surface area contributed by atoms with Gasteiger partial charge in [-0.2, -0.15) is 0 Å². The molecule has 0 unspecified atom stereocenters. The zero-order valence-electron chi connectivity index (χ0n) is 12.1. The maximum absolute atomic E-state index is 12.1.